The molecule has 2 aromatic carbocycles. The molecule has 1 atom stereocenters. The smallest absolute Gasteiger partial charge is 0.261 e. The van der Waals surface area contributed by atoms with E-state index in [0.717, 1.165) is 18.7 Å². The summed E-state index contributed by atoms with van der Waals surface area (Å²) in [6, 6.07) is 24.1. The number of carbonyl (C=O) groups excluding carboxylic acids is 1. The van der Waals surface area contributed by atoms with Gasteiger partial charge >= 0.3 is 0 Å². The van der Waals surface area contributed by atoms with Gasteiger partial charge in [0.15, 0.2) is 6.61 Å². The topological polar surface area (TPSA) is 34.5 Å². The van der Waals surface area contributed by atoms with Gasteiger partial charge in [-0.05, 0) is 43.2 Å². The van der Waals surface area contributed by atoms with E-state index in [1.807, 2.05) is 47.4 Å². The summed E-state index contributed by atoms with van der Waals surface area (Å²) in [6.45, 7) is 5.61. The van der Waals surface area contributed by atoms with Gasteiger partial charge in [-0.2, -0.15) is 0 Å². The molecule has 4 nitrogen and oxygen atoms in total. The maximum atomic E-state index is 12.9. The Labute approximate surface area is 167 Å². The number of hydrogen-bond acceptors (Lipinski definition) is 2. The van der Waals surface area contributed by atoms with Gasteiger partial charge in [0, 0.05) is 24.5 Å². The molecule has 3 rings (SSSR count). The highest BCUT2D eigenvalue weighted by atomic mass is 16.5. The van der Waals surface area contributed by atoms with Gasteiger partial charge in [-0.1, -0.05) is 55.5 Å². The first-order valence-corrected chi connectivity index (χ1v) is 9.82. The molecule has 0 N–H and O–H groups in total. The predicted octanol–water partition coefficient (Wildman–Crippen LogP) is 4.74. The molecule has 1 amide bonds. The summed E-state index contributed by atoms with van der Waals surface area (Å²) in [4.78, 5) is 14.8. The first-order chi connectivity index (χ1) is 13.7. The zero-order valence-corrected chi connectivity index (χ0v) is 16.6. The summed E-state index contributed by atoms with van der Waals surface area (Å²) in [5.41, 5.74) is 2.37. The van der Waals surface area contributed by atoms with E-state index in [1.165, 1.54) is 5.56 Å². The van der Waals surface area contributed by atoms with Crippen molar-refractivity contribution in [1.29, 1.82) is 0 Å². The highest BCUT2D eigenvalue weighted by Gasteiger charge is 2.21. The van der Waals surface area contributed by atoms with Crippen molar-refractivity contribution in [2.45, 2.75) is 39.4 Å². The third-order valence-electron chi connectivity index (χ3n) is 5.00. The summed E-state index contributed by atoms with van der Waals surface area (Å²) >= 11 is 0. The number of aromatic nitrogens is 1. The van der Waals surface area contributed by atoms with E-state index in [9.17, 15) is 4.79 Å². The molecule has 0 aliphatic carbocycles. The van der Waals surface area contributed by atoms with Crippen LogP contribution in [0, 0.1) is 0 Å². The Bertz CT molecular complexity index is 859. The average Bonchev–Trinajstić information content (AvgIpc) is 3.17. The fourth-order valence-electron chi connectivity index (χ4n) is 3.16. The van der Waals surface area contributed by atoms with E-state index in [0.29, 0.717) is 12.3 Å². The highest BCUT2D eigenvalue weighted by molar-refractivity contribution is 5.78. The van der Waals surface area contributed by atoms with Crippen molar-refractivity contribution >= 4 is 5.91 Å². The normalized spacial score (nSPS) is 11.8. The van der Waals surface area contributed by atoms with E-state index in [-0.39, 0.29) is 18.6 Å². The van der Waals surface area contributed by atoms with Gasteiger partial charge in [0.25, 0.3) is 5.91 Å². The number of carbonyl (C=O) groups is 1. The van der Waals surface area contributed by atoms with Crippen molar-refractivity contribution in [3.05, 3.63) is 90.3 Å². The van der Waals surface area contributed by atoms with Gasteiger partial charge in [-0.3, -0.25) is 4.79 Å². The molecule has 0 radical (unpaired) electrons. The molecule has 3 aromatic rings. The lowest BCUT2D eigenvalue weighted by Crippen LogP contribution is -2.41. The van der Waals surface area contributed by atoms with Crippen LogP contribution in [0.2, 0.25) is 0 Å². The van der Waals surface area contributed by atoms with Crippen molar-refractivity contribution in [1.82, 2.24) is 9.47 Å². The van der Waals surface area contributed by atoms with Gasteiger partial charge in [-0.25, -0.2) is 0 Å². The number of para-hydroxylation sites is 1. The lowest BCUT2D eigenvalue weighted by molar-refractivity contribution is -0.136. The number of ether oxygens (including phenoxy) is 1. The van der Waals surface area contributed by atoms with Gasteiger partial charge in [0.05, 0.1) is 6.54 Å². The molecule has 0 unspecified atom stereocenters. The predicted molar refractivity (Wildman–Crippen MR) is 112 cm³/mol. The third-order valence-corrected chi connectivity index (χ3v) is 5.00. The first kappa shape index (κ1) is 19.7. The molecular formula is C24H28N2O2. The molecule has 0 spiro atoms. The summed E-state index contributed by atoms with van der Waals surface area (Å²) in [6.07, 6.45) is 2.97. The van der Waals surface area contributed by atoms with Gasteiger partial charge in [-0.15, -0.1) is 0 Å². The minimum Gasteiger partial charge on any atom is -0.484 e. The van der Waals surface area contributed by atoms with Gasteiger partial charge in [0.2, 0.25) is 0 Å². The SMILES string of the molecule is CC[C@H](C)N(Cc1cccn1Cc1ccccc1)C(=O)COc1ccccc1. The molecule has 0 aliphatic rings. The Hall–Kier alpha value is -3.01. The first-order valence-electron chi connectivity index (χ1n) is 9.82. The maximum Gasteiger partial charge on any atom is 0.261 e. The fraction of sp³-hybridized carbons (Fsp3) is 0.292. The largest absolute Gasteiger partial charge is 0.484 e. The zero-order valence-electron chi connectivity index (χ0n) is 16.6. The zero-order chi connectivity index (χ0) is 19.8. The second-order valence-corrected chi connectivity index (χ2v) is 6.99. The second kappa shape index (κ2) is 9.79. The minimum atomic E-state index is 0.00524. The van der Waals surface area contributed by atoms with Crippen LogP contribution in [-0.2, 0) is 17.9 Å². The van der Waals surface area contributed by atoms with Crippen molar-refractivity contribution in [3.63, 3.8) is 0 Å². The highest BCUT2D eigenvalue weighted by Crippen LogP contribution is 2.15. The Morgan fingerprint density at radius 3 is 2.36 bits per heavy atom. The van der Waals surface area contributed by atoms with E-state index in [4.69, 9.17) is 4.74 Å². The molecule has 0 bridgehead atoms. The fourth-order valence-corrected chi connectivity index (χ4v) is 3.16. The minimum absolute atomic E-state index is 0.00524. The summed E-state index contributed by atoms with van der Waals surface area (Å²) in [5.74, 6) is 0.720. The number of nitrogens with zero attached hydrogens (tertiary/aromatic N) is 2. The standard InChI is InChI=1S/C24H28N2O2/c1-3-20(2)26(24(27)19-28-23-14-8-5-9-15-23)18-22-13-10-16-25(22)17-21-11-6-4-7-12-21/h4-16,20H,3,17-19H2,1-2H3/t20-/m0/s1. The molecule has 0 saturated carbocycles. The molecule has 4 heteroatoms. The van der Waals surface area contributed by atoms with Crippen LogP contribution in [0.15, 0.2) is 79.0 Å². The molecule has 28 heavy (non-hydrogen) atoms. The number of hydrogen-bond donors (Lipinski definition) is 0. The molecule has 1 heterocycles. The van der Waals surface area contributed by atoms with E-state index < -0.39 is 0 Å². The molecule has 0 saturated heterocycles. The summed E-state index contributed by atoms with van der Waals surface area (Å²) in [7, 11) is 0. The Balaban J connectivity index is 1.69. The van der Waals surface area contributed by atoms with Crippen LogP contribution in [0.3, 0.4) is 0 Å². The van der Waals surface area contributed by atoms with Crippen LogP contribution in [0.4, 0.5) is 0 Å². The van der Waals surface area contributed by atoms with Crippen LogP contribution < -0.4 is 4.74 Å². The summed E-state index contributed by atoms with van der Waals surface area (Å²) in [5, 5.41) is 0. The van der Waals surface area contributed by atoms with E-state index in [2.05, 4.69) is 54.9 Å². The van der Waals surface area contributed by atoms with Crippen LogP contribution in [0.5, 0.6) is 5.75 Å². The van der Waals surface area contributed by atoms with Crippen LogP contribution in [0.25, 0.3) is 0 Å². The molecule has 146 valence electrons. The monoisotopic (exact) mass is 376 g/mol. The van der Waals surface area contributed by atoms with Crippen molar-refractivity contribution in [2.75, 3.05) is 6.61 Å². The van der Waals surface area contributed by atoms with Gasteiger partial charge < -0.3 is 14.2 Å². The van der Waals surface area contributed by atoms with Crippen LogP contribution in [-0.4, -0.2) is 28.0 Å². The Morgan fingerprint density at radius 2 is 1.68 bits per heavy atom. The number of benzene rings is 2. The molecule has 0 fully saturated rings. The van der Waals surface area contributed by atoms with Crippen LogP contribution >= 0.6 is 0 Å². The lowest BCUT2D eigenvalue weighted by Gasteiger charge is -2.29. The van der Waals surface area contributed by atoms with Crippen molar-refractivity contribution < 1.29 is 9.53 Å². The quantitative estimate of drug-likeness (QED) is 0.540. The lowest BCUT2D eigenvalue weighted by atomic mass is 10.2. The molecular weight excluding hydrogens is 348 g/mol. The van der Waals surface area contributed by atoms with E-state index >= 15 is 0 Å². The second-order valence-electron chi connectivity index (χ2n) is 6.99. The van der Waals surface area contributed by atoms with Crippen molar-refractivity contribution in [3.8, 4) is 5.75 Å². The van der Waals surface area contributed by atoms with Gasteiger partial charge in [0.1, 0.15) is 5.75 Å². The third kappa shape index (κ3) is 5.26. The Morgan fingerprint density at radius 1 is 1.00 bits per heavy atom. The molecule has 1 aromatic heterocycles. The number of rotatable bonds is 9. The summed E-state index contributed by atoms with van der Waals surface area (Å²) < 4.78 is 7.89. The van der Waals surface area contributed by atoms with Crippen LogP contribution in [0.1, 0.15) is 31.5 Å². The maximum absolute atomic E-state index is 12.9. The molecule has 0 aliphatic heterocycles. The average molecular weight is 377 g/mol. The Kier molecular flexibility index (Phi) is 6.90. The van der Waals surface area contributed by atoms with E-state index in [1.54, 1.807) is 0 Å². The van der Waals surface area contributed by atoms with Crippen molar-refractivity contribution in [2.24, 2.45) is 0 Å². The number of amides is 1.